The lowest BCUT2D eigenvalue weighted by Gasteiger charge is -2.23. The zero-order valence-electron chi connectivity index (χ0n) is 46.0. The first-order valence-electron chi connectivity index (χ1n) is 27.5. The first-order valence-corrected chi connectivity index (χ1v) is 29.8. The molecule has 5 aromatic carbocycles. The van der Waals surface area contributed by atoms with Crippen LogP contribution < -0.4 is 34.6 Å². The lowest BCUT2D eigenvalue weighted by atomic mass is 9.98. The second-order valence-electron chi connectivity index (χ2n) is 22.0. The first kappa shape index (κ1) is 56.2. The molecule has 410 valence electrons. The largest absolute Gasteiger partial charge is 0.493 e. The molecule has 4 aliphatic rings. The number of rotatable bonds is 23. The zero-order valence-corrected chi connectivity index (χ0v) is 47.6. The van der Waals surface area contributed by atoms with Gasteiger partial charge in [-0.3, -0.25) is 28.8 Å². The smallest absolute Gasteiger partial charge is 0.258 e. The van der Waals surface area contributed by atoms with Crippen LogP contribution in [0.15, 0.2) is 91.0 Å². The van der Waals surface area contributed by atoms with Crippen molar-refractivity contribution >= 4 is 73.8 Å². The number of fused-ring (bicyclic) bond motifs is 8. The second-order valence-corrected chi connectivity index (χ2v) is 25.1. The summed E-state index contributed by atoms with van der Waals surface area (Å²) in [4.78, 5) is 84.3. The standard InChI is InChI=1S/C63H72N4O9S2/c1-8-50(68)16-13-25-77-78-63(5,6)24-23-59(70)64-40(4)55(69)27-39(3)60(71)65-47-29-41(36-75-56-33-43-19-21-48-31-45-14-9-11-17-53(45)66(48)61(72)51(43)26-38(56)2)28-42(30-47)37-76-58-34-44-20-22-49-32-46-15-10-12-18-54(46)67(49)62(73)52(44)35-57(58)74-7/h9-12,14-15,17-18,26,28-30,33-35,39-40,48-49H,8,13,16,19-25,27,31-32,36-37H2,1-7H3,(H,64,70)(H,65,71)/t39-,40+,48-,49-/m1/s1. The molecule has 0 radical (unpaired) electrons. The summed E-state index contributed by atoms with van der Waals surface area (Å²) in [5.41, 5.74) is 10.2. The Morgan fingerprint density at radius 2 is 1.31 bits per heavy atom. The maximum Gasteiger partial charge on any atom is 0.258 e. The Kier molecular flexibility index (Phi) is 17.7. The van der Waals surface area contributed by atoms with Crippen LogP contribution in [0.5, 0.6) is 17.2 Å². The highest BCUT2D eigenvalue weighted by molar-refractivity contribution is 8.77. The number of methoxy groups -OCH3 is 1. The van der Waals surface area contributed by atoms with Gasteiger partial charge in [-0.25, -0.2) is 0 Å². The third-order valence-corrected chi connectivity index (χ3v) is 19.0. The summed E-state index contributed by atoms with van der Waals surface area (Å²) in [6.07, 6.45) is 7.48. The van der Waals surface area contributed by atoms with E-state index in [2.05, 4.69) is 36.6 Å². The van der Waals surface area contributed by atoms with E-state index in [0.717, 1.165) is 83.5 Å². The molecule has 0 fully saturated rings. The molecule has 0 aromatic heterocycles. The van der Waals surface area contributed by atoms with Gasteiger partial charge in [0.05, 0.1) is 13.2 Å². The third-order valence-electron chi connectivity index (χ3n) is 15.6. The number of benzene rings is 5. The van der Waals surface area contributed by atoms with E-state index in [9.17, 15) is 28.8 Å². The van der Waals surface area contributed by atoms with Crippen molar-refractivity contribution in [2.24, 2.45) is 5.92 Å². The minimum atomic E-state index is -0.779. The van der Waals surface area contributed by atoms with E-state index in [-0.39, 0.29) is 78.1 Å². The summed E-state index contributed by atoms with van der Waals surface area (Å²) in [6, 6.07) is 28.9. The van der Waals surface area contributed by atoms with Crippen LogP contribution in [-0.4, -0.2) is 70.9 Å². The van der Waals surface area contributed by atoms with Crippen molar-refractivity contribution < 1.29 is 43.0 Å². The number of carbonyl (C=O) groups excluding carboxylic acids is 6. The first-order chi connectivity index (χ1) is 37.5. The molecule has 4 aliphatic heterocycles. The van der Waals surface area contributed by atoms with Crippen LogP contribution in [0.1, 0.15) is 146 Å². The van der Waals surface area contributed by atoms with Gasteiger partial charge in [-0.15, -0.1) is 0 Å². The summed E-state index contributed by atoms with van der Waals surface area (Å²) in [6.45, 7) is 11.6. The fourth-order valence-corrected chi connectivity index (χ4v) is 13.8. The van der Waals surface area contributed by atoms with Crippen LogP contribution in [0, 0.1) is 12.8 Å². The number of amides is 4. The number of nitrogens with one attached hydrogen (secondary N) is 2. The van der Waals surface area contributed by atoms with E-state index in [0.29, 0.717) is 59.7 Å². The topological polar surface area (TPSA) is 161 Å². The molecular weight excluding hydrogens is 1020 g/mol. The van der Waals surface area contributed by atoms with Crippen molar-refractivity contribution in [2.75, 3.05) is 28.0 Å². The Labute approximate surface area is 466 Å². The van der Waals surface area contributed by atoms with E-state index in [4.69, 9.17) is 14.2 Å². The van der Waals surface area contributed by atoms with E-state index in [1.807, 2.05) is 96.4 Å². The molecule has 9 rings (SSSR count). The molecule has 0 bridgehead atoms. The monoisotopic (exact) mass is 1090 g/mol. The maximum absolute atomic E-state index is 14.2. The number of Topliss-reactive ketones (excluding diaryl/α,β-unsaturated/α-hetero) is 2. The number of carbonyl (C=O) groups is 6. The van der Waals surface area contributed by atoms with Gasteiger partial charge in [-0.2, -0.15) is 0 Å². The van der Waals surface area contributed by atoms with Crippen LogP contribution in [0.25, 0.3) is 0 Å². The van der Waals surface area contributed by atoms with Gasteiger partial charge >= 0.3 is 0 Å². The molecule has 4 atom stereocenters. The van der Waals surface area contributed by atoms with Gasteiger partial charge in [-0.1, -0.05) is 71.8 Å². The summed E-state index contributed by atoms with van der Waals surface area (Å²) >= 11 is 0. The number of nitrogens with zero attached hydrogens (tertiary/aromatic N) is 2. The molecular formula is C63H72N4O9S2. The molecule has 4 amide bonds. The van der Waals surface area contributed by atoms with Gasteiger partial charge in [0, 0.05) is 82.4 Å². The Morgan fingerprint density at radius 1 is 0.731 bits per heavy atom. The molecule has 13 nitrogen and oxygen atoms in total. The van der Waals surface area contributed by atoms with Gasteiger partial charge in [0.1, 0.15) is 24.7 Å². The summed E-state index contributed by atoms with van der Waals surface area (Å²) in [7, 11) is 4.98. The van der Waals surface area contributed by atoms with Crippen LogP contribution in [0.3, 0.4) is 0 Å². The lowest BCUT2D eigenvalue weighted by molar-refractivity contribution is -0.129. The highest BCUT2D eigenvalue weighted by Crippen LogP contribution is 2.43. The van der Waals surface area contributed by atoms with Crippen LogP contribution >= 0.6 is 21.6 Å². The lowest BCUT2D eigenvalue weighted by Crippen LogP contribution is -2.40. The quantitative estimate of drug-likeness (QED) is 0.0473. The van der Waals surface area contributed by atoms with E-state index in [1.54, 1.807) is 48.6 Å². The molecule has 0 aliphatic carbocycles. The SMILES string of the molecule is CCC(=O)CCCSSC(C)(C)CCC(=O)N[C@@H](C)C(=O)C[C@@H](C)C(=O)Nc1cc(COc2cc3c(cc2C)C(=O)N2c4ccccc4C[C@H]2CC3)cc(COc2cc3c(cc2OC)C(=O)N2c4ccccc4C[C@H]2CC3)c1. The van der Waals surface area contributed by atoms with Gasteiger partial charge in [0.15, 0.2) is 17.3 Å². The maximum atomic E-state index is 14.2. The number of hydrogen-bond acceptors (Lipinski definition) is 11. The van der Waals surface area contributed by atoms with E-state index < -0.39 is 12.0 Å². The van der Waals surface area contributed by atoms with Crippen molar-refractivity contribution in [1.82, 2.24) is 5.32 Å². The van der Waals surface area contributed by atoms with E-state index in [1.165, 1.54) is 11.1 Å². The minimum Gasteiger partial charge on any atom is -0.493 e. The van der Waals surface area contributed by atoms with Crippen molar-refractivity contribution in [3.63, 3.8) is 0 Å². The zero-order chi connectivity index (χ0) is 55.3. The number of aryl methyl sites for hydroxylation is 3. The Morgan fingerprint density at radius 3 is 1.91 bits per heavy atom. The van der Waals surface area contributed by atoms with Gasteiger partial charge < -0.3 is 34.6 Å². The Balaban J connectivity index is 0.881. The fourth-order valence-electron chi connectivity index (χ4n) is 11.1. The number of para-hydroxylation sites is 2. The van der Waals surface area contributed by atoms with Crippen LogP contribution in [0.2, 0.25) is 0 Å². The number of ketones is 2. The molecule has 0 saturated carbocycles. The van der Waals surface area contributed by atoms with Gasteiger partial charge in [-0.05, 0) is 173 Å². The summed E-state index contributed by atoms with van der Waals surface area (Å²) < 4.78 is 18.8. The predicted octanol–water partition coefficient (Wildman–Crippen LogP) is 11.9. The van der Waals surface area contributed by atoms with Crippen molar-refractivity contribution in [2.45, 2.75) is 155 Å². The molecule has 0 saturated heterocycles. The number of hydrogen-bond donors (Lipinski definition) is 2. The average Bonchev–Trinajstić information content (AvgIpc) is 3.99. The molecule has 0 spiro atoms. The second kappa shape index (κ2) is 24.6. The fraction of sp³-hybridized carbons (Fsp3) is 0.429. The third kappa shape index (κ3) is 12.9. The molecule has 0 unspecified atom stereocenters. The van der Waals surface area contributed by atoms with E-state index >= 15 is 0 Å². The van der Waals surface area contributed by atoms with Crippen molar-refractivity contribution in [1.29, 1.82) is 0 Å². The molecule has 2 N–H and O–H groups in total. The molecule has 4 heterocycles. The summed E-state index contributed by atoms with van der Waals surface area (Å²) in [5.74, 6) is 1.10. The predicted molar refractivity (Wildman–Crippen MR) is 310 cm³/mol. The van der Waals surface area contributed by atoms with Crippen LogP contribution in [-0.2, 0) is 58.1 Å². The highest BCUT2D eigenvalue weighted by atomic mass is 33.1. The minimum absolute atomic E-state index is 0.00796. The van der Waals surface area contributed by atoms with Crippen molar-refractivity contribution in [3.8, 4) is 17.2 Å². The summed E-state index contributed by atoms with van der Waals surface area (Å²) in [5, 5.41) is 5.89. The Hall–Kier alpha value is -6.58. The van der Waals surface area contributed by atoms with Crippen LogP contribution in [0.4, 0.5) is 17.1 Å². The number of ether oxygens (including phenoxy) is 3. The normalized spacial score (nSPS) is 17.0. The molecule has 5 aromatic rings. The molecule has 15 heteroatoms. The molecule has 78 heavy (non-hydrogen) atoms. The van der Waals surface area contributed by atoms with Gasteiger partial charge in [0.25, 0.3) is 11.8 Å². The number of anilines is 3. The highest BCUT2D eigenvalue weighted by Gasteiger charge is 2.39. The average molecular weight is 1090 g/mol. The Bertz CT molecular complexity index is 3120. The van der Waals surface area contributed by atoms with Gasteiger partial charge in [0.2, 0.25) is 11.8 Å². The van der Waals surface area contributed by atoms with Crippen molar-refractivity contribution in [3.05, 3.63) is 141 Å².